The fourth-order valence-corrected chi connectivity index (χ4v) is 2.62. The number of rotatable bonds is 12. The number of unbranched alkanes of at least 4 members (excludes halogenated alkanes) is 8. The molecule has 0 aliphatic heterocycles. The molecule has 118 valence electrons. The van der Waals surface area contributed by atoms with Gasteiger partial charge in [-0.2, -0.15) is 0 Å². The van der Waals surface area contributed by atoms with E-state index in [-0.39, 0.29) is 5.92 Å². The lowest BCUT2D eigenvalue weighted by Gasteiger charge is -2.09. The monoisotopic (exact) mass is 289 g/mol. The van der Waals surface area contributed by atoms with E-state index >= 15 is 0 Å². The number of aromatic nitrogens is 1. The lowest BCUT2D eigenvalue weighted by molar-refractivity contribution is -0.120. The number of hydrogen-bond acceptors (Lipinski definition) is 2. The van der Waals surface area contributed by atoms with Crippen LogP contribution in [0, 0.1) is 0 Å². The van der Waals surface area contributed by atoms with Crippen molar-refractivity contribution >= 4 is 5.78 Å². The van der Waals surface area contributed by atoms with E-state index in [1.165, 1.54) is 51.4 Å². The third kappa shape index (κ3) is 7.99. The Morgan fingerprint density at radius 3 is 2.19 bits per heavy atom. The molecule has 0 radical (unpaired) electrons. The molecule has 0 aromatic carbocycles. The fourth-order valence-electron chi connectivity index (χ4n) is 2.62. The average Bonchev–Trinajstić information content (AvgIpc) is 2.53. The van der Waals surface area contributed by atoms with Gasteiger partial charge in [0.2, 0.25) is 0 Å². The highest BCUT2D eigenvalue weighted by Gasteiger charge is 2.15. The van der Waals surface area contributed by atoms with Gasteiger partial charge in [-0.25, -0.2) is 0 Å². The Balaban J connectivity index is 2.03. The van der Waals surface area contributed by atoms with Crippen LogP contribution in [-0.4, -0.2) is 10.8 Å². The molecule has 0 fully saturated rings. The second kappa shape index (κ2) is 11.5. The first-order valence-corrected chi connectivity index (χ1v) is 8.69. The van der Waals surface area contributed by atoms with Crippen molar-refractivity contribution in [2.45, 2.75) is 84.0 Å². The minimum atomic E-state index is -0.0553. The summed E-state index contributed by atoms with van der Waals surface area (Å²) in [7, 11) is 0. The van der Waals surface area contributed by atoms with E-state index in [9.17, 15) is 4.79 Å². The minimum absolute atomic E-state index is 0.0553. The Morgan fingerprint density at radius 2 is 1.62 bits per heavy atom. The van der Waals surface area contributed by atoms with Gasteiger partial charge >= 0.3 is 0 Å². The third-order valence-electron chi connectivity index (χ3n) is 4.14. The Kier molecular flexibility index (Phi) is 9.77. The van der Waals surface area contributed by atoms with Crippen molar-refractivity contribution in [3.05, 3.63) is 30.1 Å². The van der Waals surface area contributed by atoms with Crippen LogP contribution in [-0.2, 0) is 4.79 Å². The quantitative estimate of drug-likeness (QED) is 0.464. The molecule has 1 atom stereocenters. The van der Waals surface area contributed by atoms with Crippen LogP contribution in [0.3, 0.4) is 0 Å². The number of hydrogen-bond donors (Lipinski definition) is 0. The van der Waals surface area contributed by atoms with Gasteiger partial charge in [0.25, 0.3) is 0 Å². The van der Waals surface area contributed by atoms with Crippen LogP contribution >= 0.6 is 0 Å². The fraction of sp³-hybridized carbons (Fsp3) is 0.684. The van der Waals surface area contributed by atoms with Crippen LogP contribution in [0.25, 0.3) is 0 Å². The van der Waals surface area contributed by atoms with E-state index in [1.807, 2.05) is 25.1 Å². The van der Waals surface area contributed by atoms with Crippen molar-refractivity contribution in [3.8, 4) is 0 Å². The highest BCUT2D eigenvalue weighted by Crippen LogP contribution is 2.17. The van der Waals surface area contributed by atoms with E-state index in [0.29, 0.717) is 12.2 Å². The molecule has 0 saturated heterocycles. The molecule has 2 heteroatoms. The smallest absolute Gasteiger partial charge is 0.141 e. The summed E-state index contributed by atoms with van der Waals surface area (Å²) in [6.45, 7) is 4.22. The van der Waals surface area contributed by atoms with Crippen LogP contribution in [0.5, 0.6) is 0 Å². The summed E-state index contributed by atoms with van der Waals surface area (Å²) in [4.78, 5) is 16.4. The molecule has 0 aliphatic rings. The van der Waals surface area contributed by atoms with Gasteiger partial charge in [0.15, 0.2) is 0 Å². The number of ketones is 1. The average molecular weight is 289 g/mol. The second-order valence-corrected chi connectivity index (χ2v) is 6.02. The second-order valence-electron chi connectivity index (χ2n) is 6.02. The number of carbonyl (C=O) groups excluding carboxylic acids is 1. The van der Waals surface area contributed by atoms with Crippen molar-refractivity contribution in [1.82, 2.24) is 4.98 Å². The lowest BCUT2D eigenvalue weighted by atomic mass is 9.97. The van der Waals surface area contributed by atoms with Crippen molar-refractivity contribution in [2.24, 2.45) is 0 Å². The van der Waals surface area contributed by atoms with Gasteiger partial charge in [-0.15, -0.1) is 0 Å². The van der Waals surface area contributed by atoms with Gasteiger partial charge in [0.1, 0.15) is 5.78 Å². The molecule has 1 rings (SSSR count). The van der Waals surface area contributed by atoms with Crippen molar-refractivity contribution in [1.29, 1.82) is 0 Å². The number of nitrogens with zero attached hydrogens (tertiary/aromatic N) is 1. The molecular formula is C19H31NO. The molecule has 0 saturated carbocycles. The molecule has 0 aliphatic carbocycles. The summed E-state index contributed by atoms with van der Waals surface area (Å²) in [6.07, 6.45) is 14.1. The zero-order valence-corrected chi connectivity index (χ0v) is 13.8. The topological polar surface area (TPSA) is 30.0 Å². The van der Waals surface area contributed by atoms with Crippen LogP contribution in [0.2, 0.25) is 0 Å². The number of pyridine rings is 1. The van der Waals surface area contributed by atoms with E-state index in [0.717, 1.165) is 12.1 Å². The highest BCUT2D eigenvalue weighted by molar-refractivity contribution is 5.84. The normalized spacial score (nSPS) is 12.3. The molecule has 1 aromatic rings. The summed E-state index contributed by atoms with van der Waals surface area (Å²) in [5.41, 5.74) is 0.901. The summed E-state index contributed by atoms with van der Waals surface area (Å²) < 4.78 is 0. The standard InChI is InChI=1S/C19H31NO/c1-3-4-5-6-7-8-9-10-11-15-19(21)17(2)18-14-12-13-16-20-18/h12-14,16-17H,3-11,15H2,1-2H3. The highest BCUT2D eigenvalue weighted by atomic mass is 16.1. The number of Topliss-reactive ketones (excluding diaryl/α,β-unsaturated/α-hetero) is 1. The van der Waals surface area contributed by atoms with Gasteiger partial charge < -0.3 is 0 Å². The molecule has 2 nitrogen and oxygen atoms in total. The molecule has 21 heavy (non-hydrogen) atoms. The predicted molar refractivity (Wildman–Crippen MR) is 89.5 cm³/mol. The Hall–Kier alpha value is -1.18. The first-order valence-electron chi connectivity index (χ1n) is 8.69. The largest absolute Gasteiger partial charge is 0.299 e. The van der Waals surface area contributed by atoms with Crippen LogP contribution < -0.4 is 0 Å². The molecule has 1 heterocycles. The van der Waals surface area contributed by atoms with E-state index < -0.39 is 0 Å². The van der Waals surface area contributed by atoms with Gasteiger partial charge in [-0.3, -0.25) is 9.78 Å². The lowest BCUT2D eigenvalue weighted by Crippen LogP contribution is -2.10. The first-order chi connectivity index (χ1) is 10.3. The molecule has 0 bridgehead atoms. The van der Waals surface area contributed by atoms with Gasteiger partial charge in [0.05, 0.1) is 11.6 Å². The first kappa shape index (κ1) is 17.9. The molecule has 0 N–H and O–H groups in total. The van der Waals surface area contributed by atoms with Gasteiger partial charge in [-0.05, 0) is 25.5 Å². The summed E-state index contributed by atoms with van der Waals surface area (Å²) >= 11 is 0. The van der Waals surface area contributed by atoms with Gasteiger partial charge in [0, 0.05) is 12.6 Å². The Morgan fingerprint density at radius 1 is 1.00 bits per heavy atom. The van der Waals surface area contributed by atoms with E-state index in [4.69, 9.17) is 0 Å². The third-order valence-corrected chi connectivity index (χ3v) is 4.14. The van der Waals surface area contributed by atoms with Crippen molar-refractivity contribution in [3.63, 3.8) is 0 Å². The van der Waals surface area contributed by atoms with Crippen LogP contribution in [0.1, 0.15) is 89.7 Å². The zero-order chi connectivity index (χ0) is 15.3. The summed E-state index contributed by atoms with van der Waals surface area (Å²) in [6, 6.07) is 5.78. The minimum Gasteiger partial charge on any atom is -0.299 e. The molecule has 0 spiro atoms. The van der Waals surface area contributed by atoms with Crippen LogP contribution in [0.4, 0.5) is 0 Å². The van der Waals surface area contributed by atoms with Crippen LogP contribution in [0.15, 0.2) is 24.4 Å². The van der Waals surface area contributed by atoms with Crippen molar-refractivity contribution < 1.29 is 4.79 Å². The molecule has 1 unspecified atom stereocenters. The molecule has 0 amide bonds. The van der Waals surface area contributed by atoms with E-state index in [2.05, 4.69) is 11.9 Å². The van der Waals surface area contributed by atoms with E-state index in [1.54, 1.807) is 6.20 Å². The summed E-state index contributed by atoms with van der Waals surface area (Å²) in [5, 5.41) is 0. The Bertz CT molecular complexity index is 374. The molecular weight excluding hydrogens is 258 g/mol. The zero-order valence-electron chi connectivity index (χ0n) is 13.8. The number of carbonyl (C=O) groups is 1. The summed E-state index contributed by atoms with van der Waals surface area (Å²) in [5.74, 6) is 0.275. The SMILES string of the molecule is CCCCCCCCCCCC(=O)C(C)c1ccccn1. The molecule has 1 aromatic heterocycles. The maximum absolute atomic E-state index is 12.1. The maximum Gasteiger partial charge on any atom is 0.141 e. The predicted octanol–water partition coefficient (Wildman–Crippen LogP) is 5.68. The maximum atomic E-state index is 12.1. The Labute approximate surface area is 130 Å². The van der Waals surface area contributed by atoms with Crippen molar-refractivity contribution in [2.75, 3.05) is 0 Å². The van der Waals surface area contributed by atoms with Gasteiger partial charge in [-0.1, -0.05) is 64.4 Å².